The predicted molar refractivity (Wildman–Crippen MR) is 158 cm³/mol. The number of nitrogens with one attached hydrogen (secondary N) is 2. The molecule has 2 heterocycles. The van der Waals surface area contributed by atoms with Gasteiger partial charge in [0.1, 0.15) is 11.4 Å². The molecule has 1 saturated carbocycles. The number of sulfonamides is 1. The number of aryl methyl sites for hydroxylation is 2. The Balaban J connectivity index is 1.35. The van der Waals surface area contributed by atoms with Crippen LogP contribution in [0, 0.1) is 25.7 Å². The fourth-order valence-electron chi connectivity index (χ4n) is 6.27. The Morgan fingerprint density at radius 1 is 1.16 bits per heavy atom. The van der Waals surface area contributed by atoms with Crippen LogP contribution in [0.25, 0.3) is 6.08 Å². The minimum Gasteiger partial charge on any atom is -0.396 e. The van der Waals surface area contributed by atoms with Crippen LogP contribution in [0.15, 0.2) is 22.5 Å². The molecule has 2 aliphatic heterocycles. The average Bonchev–Trinajstić information content (AvgIpc) is 3.26. The SMILES string of the molecule is Cc1cc(C(=O)NCCCO)cc(C)c1/C=C/S(=O)(=O)N1CCC2(CC1)N=C(C1CCC(CCC(F)(F)F)CC1)NC2=O. The van der Waals surface area contributed by atoms with Crippen LogP contribution in [0.1, 0.15) is 84.8 Å². The summed E-state index contributed by atoms with van der Waals surface area (Å²) >= 11 is 0. The van der Waals surface area contributed by atoms with Crippen molar-refractivity contribution in [2.75, 3.05) is 26.2 Å². The maximum atomic E-state index is 13.2. The molecule has 2 amide bonds. The molecule has 0 atom stereocenters. The normalized spacial score (nSPS) is 23.0. The Morgan fingerprint density at radius 3 is 2.37 bits per heavy atom. The van der Waals surface area contributed by atoms with E-state index in [0.717, 1.165) is 16.5 Å². The van der Waals surface area contributed by atoms with Crippen molar-refractivity contribution >= 4 is 33.7 Å². The number of aliphatic imine (C=N–C) groups is 1. The van der Waals surface area contributed by atoms with Crippen LogP contribution in [0.3, 0.4) is 0 Å². The molecule has 13 heteroatoms. The molecule has 1 aliphatic carbocycles. The lowest BCUT2D eigenvalue weighted by Gasteiger charge is -2.34. The average molecular weight is 627 g/mol. The molecule has 3 N–H and O–H groups in total. The lowest BCUT2D eigenvalue weighted by molar-refractivity contribution is -0.138. The van der Waals surface area contributed by atoms with Crippen molar-refractivity contribution in [2.45, 2.75) is 83.4 Å². The molecular formula is C30H41F3N4O5S. The van der Waals surface area contributed by atoms with E-state index in [1.807, 2.05) is 0 Å². The second-order valence-electron chi connectivity index (χ2n) is 12.0. The second kappa shape index (κ2) is 13.5. The molecule has 2 fully saturated rings. The highest BCUT2D eigenvalue weighted by Gasteiger charge is 2.48. The summed E-state index contributed by atoms with van der Waals surface area (Å²) in [6.07, 6.45) is 0.380. The molecule has 1 saturated heterocycles. The third-order valence-electron chi connectivity index (χ3n) is 8.86. The zero-order chi connectivity index (χ0) is 31.4. The highest BCUT2D eigenvalue weighted by Crippen LogP contribution is 2.38. The lowest BCUT2D eigenvalue weighted by Crippen LogP contribution is -2.50. The van der Waals surface area contributed by atoms with Gasteiger partial charge in [0.05, 0.1) is 0 Å². The summed E-state index contributed by atoms with van der Waals surface area (Å²) in [4.78, 5) is 30.1. The summed E-state index contributed by atoms with van der Waals surface area (Å²) in [6.45, 7) is 4.21. The molecule has 1 aromatic carbocycles. The quantitative estimate of drug-likeness (QED) is 0.335. The van der Waals surface area contributed by atoms with Crippen LogP contribution in [0.4, 0.5) is 13.2 Å². The second-order valence-corrected chi connectivity index (χ2v) is 13.8. The standard InChI is InChI=1S/C30H41F3N4O5S/c1-20-18-24(27(39)34-13-3-16-38)19-21(2)25(20)9-17-43(41,42)37-14-11-29(12-15-37)28(40)35-26(36-29)23-6-4-22(5-7-23)8-10-30(31,32)33/h9,17-19,22-23,38H,3-8,10-16H2,1-2H3,(H,34,39)(H,35,36,40)/b17-9+. The fraction of sp³-hybridized carbons (Fsp3) is 0.633. The maximum absolute atomic E-state index is 13.2. The van der Waals surface area contributed by atoms with E-state index in [2.05, 4.69) is 10.6 Å². The number of hydrogen-bond acceptors (Lipinski definition) is 6. The van der Waals surface area contributed by atoms with Gasteiger partial charge in [-0.05, 0) is 106 Å². The van der Waals surface area contributed by atoms with Gasteiger partial charge in [0.2, 0.25) is 10.0 Å². The van der Waals surface area contributed by atoms with Crippen molar-refractivity contribution in [3.05, 3.63) is 39.8 Å². The lowest BCUT2D eigenvalue weighted by atomic mass is 9.79. The van der Waals surface area contributed by atoms with E-state index in [1.54, 1.807) is 26.0 Å². The van der Waals surface area contributed by atoms with Crippen LogP contribution in [0.5, 0.6) is 0 Å². The smallest absolute Gasteiger partial charge is 0.389 e. The number of alkyl halides is 3. The molecule has 0 aromatic heterocycles. The van der Waals surface area contributed by atoms with Gasteiger partial charge in [-0.1, -0.05) is 0 Å². The molecule has 3 aliphatic rings. The Morgan fingerprint density at radius 2 is 1.79 bits per heavy atom. The number of nitrogens with zero attached hydrogens (tertiary/aromatic N) is 2. The number of rotatable bonds is 10. The number of hydrogen-bond donors (Lipinski definition) is 3. The van der Waals surface area contributed by atoms with Crippen molar-refractivity contribution in [3.63, 3.8) is 0 Å². The van der Waals surface area contributed by atoms with Gasteiger partial charge < -0.3 is 15.7 Å². The van der Waals surface area contributed by atoms with E-state index in [1.165, 1.54) is 10.4 Å². The van der Waals surface area contributed by atoms with Gasteiger partial charge in [0, 0.05) is 49.6 Å². The Bertz CT molecular complexity index is 1340. The first-order valence-electron chi connectivity index (χ1n) is 14.9. The van der Waals surface area contributed by atoms with E-state index >= 15 is 0 Å². The summed E-state index contributed by atoms with van der Waals surface area (Å²) < 4.78 is 65.5. The Kier molecular flexibility index (Phi) is 10.4. The topological polar surface area (TPSA) is 128 Å². The van der Waals surface area contributed by atoms with Gasteiger partial charge in [-0.25, -0.2) is 8.42 Å². The molecule has 1 aromatic rings. The number of aliphatic hydroxyl groups excluding tert-OH is 1. The van der Waals surface area contributed by atoms with E-state index < -0.39 is 28.2 Å². The van der Waals surface area contributed by atoms with Crippen LogP contribution >= 0.6 is 0 Å². The Labute approximate surface area is 251 Å². The van der Waals surface area contributed by atoms with Crippen molar-refractivity contribution in [1.82, 2.24) is 14.9 Å². The molecule has 0 unspecified atom stereocenters. The highest BCUT2D eigenvalue weighted by molar-refractivity contribution is 7.92. The molecule has 0 bridgehead atoms. The van der Waals surface area contributed by atoms with Crippen molar-refractivity contribution in [2.24, 2.45) is 16.8 Å². The molecule has 1 spiro atoms. The number of amides is 2. The summed E-state index contributed by atoms with van der Waals surface area (Å²) in [7, 11) is -3.79. The predicted octanol–water partition coefficient (Wildman–Crippen LogP) is 4.23. The molecule has 4 rings (SSSR count). The van der Waals surface area contributed by atoms with Gasteiger partial charge in [-0.3, -0.25) is 14.6 Å². The molecular weight excluding hydrogens is 585 g/mol. The molecule has 43 heavy (non-hydrogen) atoms. The number of halogens is 3. The van der Waals surface area contributed by atoms with E-state index in [-0.39, 0.29) is 62.6 Å². The van der Waals surface area contributed by atoms with Gasteiger partial charge in [0.15, 0.2) is 0 Å². The monoisotopic (exact) mass is 626 g/mol. The summed E-state index contributed by atoms with van der Waals surface area (Å²) in [5.74, 6) is 0.117. The number of carbonyl (C=O) groups is 2. The number of amidine groups is 1. The van der Waals surface area contributed by atoms with Crippen molar-refractivity contribution in [1.29, 1.82) is 0 Å². The molecule has 0 radical (unpaired) electrons. The van der Waals surface area contributed by atoms with Gasteiger partial charge in [-0.15, -0.1) is 0 Å². The first-order chi connectivity index (χ1) is 20.2. The van der Waals surface area contributed by atoms with Crippen LogP contribution in [-0.2, 0) is 14.8 Å². The minimum absolute atomic E-state index is 0.000333. The van der Waals surface area contributed by atoms with E-state index in [9.17, 15) is 31.2 Å². The zero-order valence-electron chi connectivity index (χ0n) is 24.7. The number of aliphatic hydroxyl groups is 1. The first kappa shape index (κ1) is 33.1. The number of benzene rings is 1. The third-order valence-corrected chi connectivity index (χ3v) is 10.4. The minimum atomic E-state index is -4.14. The van der Waals surface area contributed by atoms with Crippen LogP contribution in [0.2, 0.25) is 0 Å². The van der Waals surface area contributed by atoms with E-state index in [4.69, 9.17) is 10.1 Å². The summed E-state index contributed by atoms with van der Waals surface area (Å²) in [6, 6.07) is 3.39. The fourth-order valence-corrected chi connectivity index (χ4v) is 7.44. The van der Waals surface area contributed by atoms with E-state index in [0.29, 0.717) is 55.6 Å². The number of piperidine rings is 1. The van der Waals surface area contributed by atoms with Gasteiger partial charge in [-0.2, -0.15) is 17.5 Å². The van der Waals surface area contributed by atoms with Crippen molar-refractivity contribution in [3.8, 4) is 0 Å². The van der Waals surface area contributed by atoms with Gasteiger partial charge in [0.25, 0.3) is 11.8 Å². The molecule has 9 nitrogen and oxygen atoms in total. The summed E-state index contributed by atoms with van der Waals surface area (Å²) in [5, 5.41) is 15.7. The third kappa shape index (κ3) is 8.24. The largest absolute Gasteiger partial charge is 0.396 e. The first-order valence-corrected chi connectivity index (χ1v) is 16.4. The van der Waals surface area contributed by atoms with Crippen LogP contribution < -0.4 is 10.6 Å². The van der Waals surface area contributed by atoms with Crippen LogP contribution in [-0.4, -0.2) is 73.4 Å². The van der Waals surface area contributed by atoms with Gasteiger partial charge >= 0.3 is 6.18 Å². The zero-order valence-corrected chi connectivity index (χ0v) is 25.5. The van der Waals surface area contributed by atoms with Crippen molar-refractivity contribution < 1.29 is 36.3 Å². The maximum Gasteiger partial charge on any atom is 0.389 e. The molecule has 238 valence electrons. The summed E-state index contributed by atoms with van der Waals surface area (Å²) in [5.41, 5.74) is 1.63. The highest BCUT2D eigenvalue weighted by atomic mass is 32.2. The number of carbonyl (C=O) groups excluding carboxylic acids is 2. The Hall–Kier alpha value is -2.77.